The number of hydrogen-bond donors (Lipinski definition) is 2. The number of H-pyrrole nitrogens is 2. The van der Waals surface area contributed by atoms with E-state index in [-0.39, 0.29) is 12.1 Å². The number of aromatic nitrogens is 6. The first-order valence-corrected chi connectivity index (χ1v) is 9.98. The van der Waals surface area contributed by atoms with E-state index in [4.69, 9.17) is 27.9 Å². The number of fused-ring (bicyclic) bond motifs is 1. The van der Waals surface area contributed by atoms with Gasteiger partial charge in [-0.2, -0.15) is 5.10 Å². The Bertz CT molecular complexity index is 1130. The SMILES string of the molecule is Clc1ccc(C(Oc2ccn[nH]2)C2CCCN2c2ncnc3nc[nH]c23)c(Cl)c1. The van der Waals surface area contributed by atoms with E-state index in [1.54, 1.807) is 24.7 Å². The number of ether oxygens (including phenoxy) is 1. The summed E-state index contributed by atoms with van der Waals surface area (Å²) in [6, 6.07) is 7.25. The van der Waals surface area contributed by atoms with Gasteiger partial charge < -0.3 is 14.6 Å². The molecule has 0 saturated carbocycles. The lowest BCUT2D eigenvalue weighted by Gasteiger charge is -2.33. The number of imidazole rings is 1. The van der Waals surface area contributed by atoms with Crippen molar-refractivity contribution in [3.63, 3.8) is 0 Å². The summed E-state index contributed by atoms with van der Waals surface area (Å²) in [5.41, 5.74) is 2.30. The largest absolute Gasteiger partial charge is 0.467 e. The van der Waals surface area contributed by atoms with E-state index in [9.17, 15) is 0 Å². The Kier molecular flexibility index (Phi) is 4.73. The van der Waals surface area contributed by atoms with E-state index < -0.39 is 0 Å². The maximum absolute atomic E-state index is 6.56. The second kappa shape index (κ2) is 7.53. The third kappa shape index (κ3) is 3.38. The minimum atomic E-state index is -0.351. The fourth-order valence-electron chi connectivity index (χ4n) is 3.87. The summed E-state index contributed by atoms with van der Waals surface area (Å²) < 4.78 is 6.33. The fourth-order valence-corrected chi connectivity index (χ4v) is 4.38. The van der Waals surface area contributed by atoms with Gasteiger partial charge in [0.25, 0.3) is 0 Å². The first-order valence-electron chi connectivity index (χ1n) is 9.22. The average Bonchev–Trinajstić information content (AvgIpc) is 3.47. The second-order valence-corrected chi connectivity index (χ2v) is 7.67. The molecule has 0 amide bonds. The zero-order chi connectivity index (χ0) is 19.8. The lowest BCUT2D eigenvalue weighted by Crippen LogP contribution is -2.38. The topological polar surface area (TPSA) is 95.6 Å². The minimum absolute atomic E-state index is 0.00150. The summed E-state index contributed by atoms with van der Waals surface area (Å²) in [7, 11) is 0. The third-order valence-electron chi connectivity index (χ3n) is 5.12. The Labute approximate surface area is 176 Å². The van der Waals surface area contributed by atoms with Crippen LogP contribution in [0, 0.1) is 0 Å². The molecular formula is C19H17Cl2N7O. The molecule has 4 heterocycles. The molecule has 1 saturated heterocycles. The van der Waals surface area contributed by atoms with E-state index >= 15 is 0 Å². The van der Waals surface area contributed by atoms with Crippen molar-refractivity contribution in [2.75, 3.05) is 11.4 Å². The smallest absolute Gasteiger partial charge is 0.209 e. The normalized spacial score (nSPS) is 17.7. The molecule has 3 aromatic heterocycles. The van der Waals surface area contributed by atoms with Crippen LogP contribution in [0.25, 0.3) is 11.2 Å². The highest BCUT2D eigenvalue weighted by molar-refractivity contribution is 6.35. The van der Waals surface area contributed by atoms with Crippen molar-refractivity contribution >= 4 is 40.2 Å². The highest BCUT2D eigenvalue weighted by Crippen LogP contribution is 2.39. The third-order valence-corrected chi connectivity index (χ3v) is 5.68. The van der Waals surface area contributed by atoms with Crippen LogP contribution in [0.2, 0.25) is 10.0 Å². The Morgan fingerprint density at radius 1 is 1.17 bits per heavy atom. The number of hydrogen-bond acceptors (Lipinski definition) is 6. The highest BCUT2D eigenvalue weighted by atomic mass is 35.5. The molecule has 29 heavy (non-hydrogen) atoms. The second-order valence-electron chi connectivity index (χ2n) is 6.83. The molecule has 148 valence electrons. The molecule has 1 fully saturated rings. The fraction of sp³-hybridized carbons (Fsp3) is 0.263. The van der Waals surface area contributed by atoms with E-state index in [1.165, 1.54) is 6.33 Å². The van der Waals surface area contributed by atoms with Crippen molar-refractivity contribution in [3.8, 4) is 5.88 Å². The predicted molar refractivity (Wildman–Crippen MR) is 110 cm³/mol. The van der Waals surface area contributed by atoms with Crippen molar-refractivity contribution < 1.29 is 4.74 Å². The van der Waals surface area contributed by atoms with Gasteiger partial charge in [0.2, 0.25) is 5.88 Å². The van der Waals surface area contributed by atoms with Gasteiger partial charge in [0, 0.05) is 28.2 Å². The van der Waals surface area contributed by atoms with Crippen molar-refractivity contribution in [1.82, 2.24) is 30.1 Å². The van der Waals surface area contributed by atoms with Gasteiger partial charge >= 0.3 is 0 Å². The quantitative estimate of drug-likeness (QED) is 0.494. The summed E-state index contributed by atoms with van der Waals surface area (Å²) in [6.07, 6.45) is 6.38. The van der Waals surface area contributed by atoms with Crippen molar-refractivity contribution in [2.45, 2.75) is 25.0 Å². The molecule has 2 N–H and O–H groups in total. The molecular weight excluding hydrogens is 413 g/mol. The summed E-state index contributed by atoms with van der Waals surface area (Å²) in [6.45, 7) is 0.837. The number of anilines is 1. The molecule has 0 aliphatic carbocycles. The van der Waals surface area contributed by atoms with Gasteiger partial charge in [-0.15, -0.1) is 0 Å². The zero-order valence-corrected chi connectivity index (χ0v) is 16.7. The van der Waals surface area contributed by atoms with Gasteiger partial charge in [-0.1, -0.05) is 29.3 Å². The van der Waals surface area contributed by atoms with Crippen molar-refractivity contribution in [1.29, 1.82) is 0 Å². The first-order chi connectivity index (χ1) is 14.2. The Balaban J connectivity index is 1.58. The molecule has 2 atom stereocenters. The molecule has 1 aliphatic rings. The molecule has 0 bridgehead atoms. The van der Waals surface area contributed by atoms with Crippen LogP contribution in [0.4, 0.5) is 5.82 Å². The molecule has 4 aromatic rings. The molecule has 10 heteroatoms. The Morgan fingerprint density at radius 2 is 2.10 bits per heavy atom. The summed E-state index contributed by atoms with van der Waals surface area (Å²) in [5, 5.41) is 8.00. The van der Waals surface area contributed by atoms with E-state index in [1.807, 2.05) is 12.1 Å². The van der Waals surface area contributed by atoms with Gasteiger partial charge in [0.05, 0.1) is 18.6 Å². The number of halogens is 2. The first kappa shape index (κ1) is 18.2. The van der Waals surface area contributed by atoms with Gasteiger partial charge in [-0.3, -0.25) is 0 Å². The number of nitrogens with one attached hydrogen (secondary N) is 2. The van der Waals surface area contributed by atoms with Gasteiger partial charge in [-0.25, -0.2) is 20.1 Å². The molecule has 1 aromatic carbocycles. The Morgan fingerprint density at radius 3 is 2.93 bits per heavy atom. The summed E-state index contributed by atoms with van der Waals surface area (Å²) in [5.74, 6) is 1.38. The number of nitrogens with zero attached hydrogens (tertiary/aromatic N) is 5. The maximum Gasteiger partial charge on any atom is 0.209 e. The van der Waals surface area contributed by atoms with Gasteiger partial charge in [0.15, 0.2) is 11.5 Å². The van der Waals surface area contributed by atoms with Crippen LogP contribution in [0.3, 0.4) is 0 Å². The summed E-state index contributed by atoms with van der Waals surface area (Å²) >= 11 is 12.7. The molecule has 1 aliphatic heterocycles. The summed E-state index contributed by atoms with van der Waals surface area (Å²) in [4.78, 5) is 18.4. The Hall–Kier alpha value is -2.84. The molecule has 2 unspecified atom stereocenters. The number of benzene rings is 1. The average molecular weight is 430 g/mol. The lowest BCUT2D eigenvalue weighted by atomic mass is 9.99. The van der Waals surface area contributed by atoms with Crippen LogP contribution in [-0.2, 0) is 0 Å². The monoisotopic (exact) mass is 429 g/mol. The van der Waals surface area contributed by atoms with Crippen LogP contribution < -0.4 is 9.64 Å². The molecule has 0 spiro atoms. The van der Waals surface area contributed by atoms with Crippen molar-refractivity contribution in [3.05, 3.63) is 58.7 Å². The van der Waals surface area contributed by atoms with E-state index in [2.05, 4.69) is 35.0 Å². The number of rotatable bonds is 5. The van der Waals surface area contributed by atoms with Crippen LogP contribution >= 0.6 is 23.2 Å². The van der Waals surface area contributed by atoms with Crippen LogP contribution in [0.5, 0.6) is 5.88 Å². The standard InChI is InChI=1S/C19H17Cl2N7O/c20-11-3-4-12(13(21)8-11)17(29-15-5-6-26-27-15)14-2-1-7-28(14)19-16-18(23-9-22-16)24-10-25-19/h3-6,8-10,14,17H,1-2,7H2,(H,26,27)(H,22,23,24,25). The predicted octanol–water partition coefficient (Wildman–Crippen LogP) is 4.17. The molecule has 0 radical (unpaired) electrons. The van der Waals surface area contributed by atoms with Crippen molar-refractivity contribution in [2.24, 2.45) is 0 Å². The molecule has 8 nitrogen and oxygen atoms in total. The maximum atomic E-state index is 6.56. The molecule has 5 rings (SSSR count). The van der Waals surface area contributed by atoms with Crippen LogP contribution in [-0.4, -0.2) is 42.7 Å². The van der Waals surface area contributed by atoms with E-state index in [0.29, 0.717) is 21.6 Å². The van der Waals surface area contributed by atoms with Gasteiger partial charge in [-0.05, 0) is 25.0 Å². The van der Waals surface area contributed by atoms with Crippen LogP contribution in [0.1, 0.15) is 24.5 Å². The number of aromatic amines is 2. The lowest BCUT2D eigenvalue weighted by molar-refractivity contribution is 0.166. The van der Waals surface area contributed by atoms with Gasteiger partial charge in [0.1, 0.15) is 17.9 Å². The minimum Gasteiger partial charge on any atom is -0.467 e. The van der Waals surface area contributed by atoms with Crippen LogP contribution in [0.15, 0.2) is 43.1 Å². The van der Waals surface area contributed by atoms with E-state index in [0.717, 1.165) is 36.3 Å². The highest BCUT2D eigenvalue weighted by Gasteiger charge is 2.37. The zero-order valence-electron chi connectivity index (χ0n) is 15.2.